The molecule has 0 rings (SSSR count). The molecule has 0 bridgehead atoms. The van der Waals surface area contributed by atoms with Gasteiger partial charge in [0.05, 0.1) is 26.4 Å². The largest absolute Gasteiger partial charge is 0.472 e. The number of unbranched alkanes of at least 4 members (excludes halogenated alkanes) is 51. The summed E-state index contributed by atoms with van der Waals surface area (Å²) in [6.45, 7) is 9.69. The van der Waals surface area contributed by atoms with Gasteiger partial charge in [0.1, 0.15) is 19.3 Å². The SMILES string of the molecule is CCCCCCCCCCCCCCCCCCCCCCC(=O)O[C@H](COC(=O)CCCCCCCCCCCCCCCCCC(C)C)COP(=O)(O)OC[C@@H](O)COP(=O)(O)OC[C@@H](COC(=O)CCCCCCCCCCCC)OC(=O)CCCCCCCCCCCCC(C)CC. The molecule has 0 saturated heterocycles. The van der Waals surface area contributed by atoms with Crippen molar-refractivity contribution >= 4 is 39.5 Å². The Kier molecular flexibility index (Phi) is 73.1. The van der Waals surface area contributed by atoms with Gasteiger partial charge in [-0.2, -0.15) is 0 Å². The Morgan fingerprint density at radius 2 is 0.500 bits per heavy atom. The number of phosphoric acid groups is 2. The highest BCUT2D eigenvalue weighted by Gasteiger charge is 2.30. The predicted molar refractivity (Wildman–Crippen MR) is 418 cm³/mol. The first kappa shape index (κ1) is 100. The van der Waals surface area contributed by atoms with Gasteiger partial charge in [0, 0.05) is 25.7 Å². The first-order valence-corrected chi connectivity index (χ1v) is 46.0. The number of phosphoric ester groups is 2. The lowest BCUT2D eigenvalue weighted by atomic mass is 9.99. The maximum Gasteiger partial charge on any atom is 0.472 e. The van der Waals surface area contributed by atoms with Crippen molar-refractivity contribution in [3.8, 4) is 0 Å². The number of hydrogen-bond donors (Lipinski definition) is 3. The molecular weight excluding hydrogens is 1330 g/mol. The lowest BCUT2D eigenvalue weighted by Crippen LogP contribution is -2.30. The summed E-state index contributed by atoms with van der Waals surface area (Å²) in [5.74, 6) is -0.497. The van der Waals surface area contributed by atoms with Crippen LogP contribution in [0.15, 0.2) is 0 Å². The second-order valence-electron chi connectivity index (χ2n) is 30.6. The lowest BCUT2D eigenvalue weighted by molar-refractivity contribution is -0.161. The molecule has 0 aliphatic heterocycles. The predicted octanol–water partition coefficient (Wildman–Crippen LogP) is 25.1. The zero-order valence-corrected chi connectivity index (χ0v) is 68.7. The zero-order chi connectivity index (χ0) is 74.9. The van der Waals surface area contributed by atoms with Crippen molar-refractivity contribution in [2.24, 2.45) is 11.8 Å². The molecule has 0 aromatic rings. The van der Waals surface area contributed by atoms with E-state index in [4.69, 9.17) is 37.0 Å². The average Bonchev–Trinajstić information content (AvgIpc) is 0.911. The fourth-order valence-electron chi connectivity index (χ4n) is 12.9. The summed E-state index contributed by atoms with van der Waals surface area (Å²) >= 11 is 0. The molecular formula is C83H162O17P2. The molecule has 19 heteroatoms. The van der Waals surface area contributed by atoms with E-state index in [2.05, 4.69) is 41.5 Å². The molecule has 0 heterocycles. The third kappa shape index (κ3) is 74.9. The van der Waals surface area contributed by atoms with Crippen LogP contribution < -0.4 is 0 Å². The molecule has 0 amide bonds. The van der Waals surface area contributed by atoms with Gasteiger partial charge in [0.25, 0.3) is 0 Å². The summed E-state index contributed by atoms with van der Waals surface area (Å²) in [7, 11) is -9.92. The molecule has 3 unspecified atom stereocenters. The van der Waals surface area contributed by atoms with Crippen LogP contribution >= 0.6 is 15.6 Å². The van der Waals surface area contributed by atoms with Gasteiger partial charge in [0.15, 0.2) is 12.2 Å². The number of ether oxygens (including phenoxy) is 4. The van der Waals surface area contributed by atoms with E-state index in [1.54, 1.807) is 0 Å². The normalized spacial score (nSPS) is 14.1. The monoisotopic (exact) mass is 1490 g/mol. The van der Waals surface area contributed by atoms with E-state index >= 15 is 0 Å². The van der Waals surface area contributed by atoms with Gasteiger partial charge >= 0.3 is 39.5 Å². The molecule has 0 spiro atoms. The summed E-state index contributed by atoms with van der Waals surface area (Å²) < 4.78 is 68.8. The van der Waals surface area contributed by atoms with Crippen molar-refractivity contribution in [2.45, 2.75) is 458 Å². The average molecular weight is 1490 g/mol. The minimum absolute atomic E-state index is 0.107. The van der Waals surface area contributed by atoms with Crippen LogP contribution in [0, 0.1) is 11.8 Å². The van der Waals surface area contributed by atoms with Crippen molar-refractivity contribution in [3.63, 3.8) is 0 Å². The first-order chi connectivity index (χ1) is 49.4. The van der Waals surface area contributed by atoms with Crippen LogP contribution in [0.2, 0.25) is 0 Å². The fourth-order valence-corrected chi connectivity index (χ4v) is 14.4. The van der Waals surface area contributed by atoms with Crippen molar-refractivity contribution < 1.29 is 80.2 Å². The van der Waals surface area contributed by atoms with Crippen LogP contribution in [-0.4, -0.2) is 96.7 Å². The van der Waals surface area contributed by atoms with Crippen LogP contribution in [0.1, 0.15) is 440 Å². The number of aliphatic hydroxyl groups is 1. The van der Waals surface area contributed by atoms with Crippen molar-refractivity contribution in [1.29, 1.82) is 0 Å². The van der Waals surface area contributed by atoms with Crippen LogP contribution in [0.5, 0.6) is 0 Å². The molecule has 606 valence electrons. The van der Waals surface area contributed by atoms with Crippen molar-refractivity contribution in [1.82, 2.24) is 0 Å². The van der Waals surface area contributed by atoms with Gasteiger partial charge in [0.2, 0.25) is 0 Å². The van der Waals surface area contributed by atoms with E-state index in [0.717, 1.165) is 102 Å². The second-order valence-corrected chi connectivity index (χ2v) is 33.5. The van der Waals surface area contributed by atoms with E-state index in [1.165, 1.54) is 257 Å². The molecule has 0 aliphatic rings. The Morgan fingerprint density at radius 3 is 0.745 bits per heavy atom. The van der Waals surface area contributed by atoms with Crippen LogP contribution in [-0.2, 0) is 65.4 Å². The van der Waals surface area contributed by atoms with E-state index in [0.29, 0.717) is 25.7 Å². The molecule has 0 radical (unpaired) electrons. The topological polar surface area (TPSA) is 237 Å². The Hall–Kier alpha value is -1.94. The fraction of sp³-hybridized carbons (Fsp3) is 0.952. The van der Waals surface area contributed by atoms with E-state index in [9.17, 15) is 43.2 Å². The number of carbonyl (C=O) groups is 4. The maximum absolute atomic E-state index is 13.1. The summed E-state index contributed by atoms with van der Waals surface area (Å²) in [5.41, 5.74) is 0. The van der Waals surface area contributed by atoms with Gasteiger partial charge in [-0.25, -0.2) is 9.13 Å². The molecule has 17 nitrogen and oxygen atoms in total. The molecule has 6 atom stereocenters. The van der Waals surface area contributed by atoms with Gasteiger partial charge in [-0.05, 0) is 37.5 Å². The molecule has 0 aliphatic carbocycles. The number of esters is 4. The first-order valence-electron chi connectivity index (χ1n) is 43.0. The molecule has 0 aromatic heterocycles. The van der Waals surface area contributed by atoms with Gasteiger partial charge in [-0.15, -0.1) is 0 Å². The van der Waals surface area contributed by atoms with E-state index < -0.39 is 97.5 Å². The standard InChI is InChI=1S/C83H162O17P2/c1-7-10-12-14-16-18-20-21-22-23-24-25-26-29-33-36-43-49-55-61-67-82(87)99-79(72-94-81(86)66-60-54-48-42-35-32-30-27-28-31-34-39-45-51-57-63-75(4)5)74-98-102(91,92)96-70-77(84)69-95-101(89,90)97-73-78(71-93-80(85)65-59-53-47-41-19-17-15-13-11-8-2)100-83(88)68-62-56-50-44-38-37-40-46-52-58-64-76(6)9-3/h75-79,84H,7-74H2,1-6H3,(H,89,90)(H,91,92)/t76?,77-,78+,79+/m0/s1. The molecule has 3 N–H and O–H groups in total. The third-order valence-corrected chi connectivity index (χ3v) is 21.7. The smallest absolute Gasteiger partial charge is 0.462 e. The van der Waals surface area contributed by atoms with Crippen molar-refractivity contribution in [2.75, 3.05) is 39.6 Å². The second kappa shape index (κ2) is 74.5. The van der Waals surface area contributed by atoms with E-state index in [-0.39, 0.29) is 25.7 Å². The summed E-state index contributed by atoms with van der Waals surface area (Å²) in [4.78, 5) is 73.1. The minimum Gasteiger partial charge on any atom is -0.462 e. The highest BCUT2D eigenvalue weighted by atomic mass is 31.2. The van der Waals surface area contributed by atoms with Gasteiger partial charge in [-0.3, -0.25) is 37.3 Å². The zero-order valence-electron chi connectivity index (χ0n) is 66.9. The van der Waals surface area contributed by atoms with Crippen LogP contribution in [0.4, 0.5) is 0 Å². The van der Waals surface area contributed by atoms with Gasteiger partial charge < -0.3 is 33.8 Å². The summed E-state index contributed by atoms with van der Waals surface area (Å²) in [6.07, 6.45) is 65.2. The third-order valence-electron chi connectivity index (χ3n) is 19.8. The lowest BCUT2D eigenvalue weighted by Gasteiger charge is -2.21. The van der Waals surface area contributed by atoms with Crippen molar-refractivity contribution in [3.05, 3.63) is 0 Å². The molecule has 0 aromatic carbocycles. The molecule has 0 saturated carbocycles. The highest BCUT2D eigenvalue weighted by Crippen LogP contribution is 2.45. The number of carbonyl (C=O) groups excluding carboxylic acids is 4. The number of aliphatic hydroxyl groups excluding tert-OH is 1. The molecule has 102 heavy (non-hydrogen) atoms. The van der Waals surface area contributed by atoms with Crippen LogP contribution in [0.3, 0.4) is 0 Å². The Bertz CT molecular complexity index is 1960. The Balaban J connectivity index is 5.23. The molecule has 0 fully saturated rings. The van der Waals surface area contributed by atoms with Crippen LogP contribution in [0.25, 0.3) is 0 Å². The Morgan fingerprint density at radius 1 is 0.284 bits per heavy atom. The number of rotatable bonds is 82. The summed E-state index contributed by atoms with van der Waals surface area (Å²) in [6, 6.07) is 0. The van der Waals surface area contributed by atoms with Gasteiger partial charge in [-0.1, -0.05) is 388 Å². The Labute approximate surface area is 626 Å². The maximum atomic E-state index is 13.1. The van der Waals surface area contributed by atoms with E-state index in [1.807, 2.05) is 0 Å². The minimum atomic E-state index is -4.96. The number of hydrogen-bond acceptors (Lipinski definition) is 15. The summed E-state index contributed by atoms with van der Waals surface area (Å²) in [5, 5.41) is 10.7. The quantitative estimate of drug-likeness (QED) is 0.0222. The highest BCUT2D eigenvalue weighted by molar-refractivity contribution is 7.47.